The number of amides is 2. The van der Waals surface area contributed by atoms with Crippen LogP contribution < -0.4 is 11.1 Å². The zero-order chi connectivity index (χ0) is 22.8. The van der Waals surface area contributed by atoms with E-state index in [-0.39, 0.29) is 11.4 Å². The number of carboxylic acid groups (broad SMARTS) is 1. The predicted molar refractivity (Wildman–Crippen MR) is 122 cm³/mol. The largest absolute Gasteiger partial charge is 0.508 e. The van der Waals surface area contributed by atoms with Gasteiger partial charge in [0, 0.05) is 16.4 Å². The molecule has 0 aliphatic carbocycles. The Kier molecular flexibility index (Phi) is 6.45. The molecular weight excluding hydrogens is 450 g/mol. The molecule has 1 saturated heterocycles. The average molecular weight is 472 g/mol. The van der Waals surface area contributed by atoms with Crippen molar-refractivity contribution in [2.75, 3.05) is 11.5 Å². The van der Waals surface area contributed by atoms with Gasteiger partial charge in [-0.25, -0.2) is 4.79 Å². The summed E-state index contributed by atoms with van der Waals surface area (Å²) in [5, 5.41) is 21.3. The van der Waals surface area contributed by atoms with Gasteiger partial charge in [0.1, 0.15) is 28.9 Å². The Bertz CT molecular complexity index is 1070. The van der Waals surface area contributed by atoms with Crippen LogP contribution in [0.3, 0.4) is 0 Å². The third kappa shape index (κ3) is 4.34. The number of nitrogens with two attached hydrogens (primary N) is 1. The van der Waals surface area contributed by atoms with E-state index in [9.17, 15) is 24.6 Å². The Morgan fingerprint density at radius 3 is 2.53 bits per heavy atom. The number of carbonyl (C=O) groups excluding carboxylic acids is 2. The van der Waals surface area contributed by atoms with Crippen molar-refractivity contribution in [3.8, 4) is 5.75 Å². The summed E-state index contributed by atoms with van der Waals surface area (Å²) in [6.45, 7) is 0. The van der Waals surface area contributed by atoms with Crippen molar-refractivity contribution in [1.29, 1.82) is 0 Å². The highest BCUT2D eigenvalue weighted by Gasteiger charge is 2.54. The van der Waals surface area contributed by atoms with Crippen molar-refractivity contribution in [2.24, 2.45) is 5.73 Å². The van der Waals surface area contributed by atoms with Crippen molar-refractivity contribution in [2.45, 2.75) is 22.4 Å². The normalized spacial score (nSPS) is 20.9. The van der Waals surface area contributed by atoms with Gasteiger partial charge in [0.05, 0.1) is 0 Å². The van der Waals surface area contributed by atoms with Crippen LogP contribution in [0.2, 0.25) is 0 Å². The SMILES string of the molecule is NC(C(=O)NC1C(=O)N2C(C(=O)O)=C(CSc3ccccc3)CS[C@@H]12)c1ccc(O)cc1. The van der Waals surface area contributed by atoms with Crippen LogP contribution in [0.15, 0.2) is 70.8 Å². The molecule has 2 amide bonds. The smallest absolute Gasteiger partial charge is 0.352 e. The molecule has 2 unspecified atom stereocenters. The Hall–Kier alpha value is -2.95. The number of aliphatic carboxylic acids is 1. The number of fused-ring (bicyclic) bond motifs is 1. The molecule has 0 spiro atoms. The van der Waals surface area contributed by atoms with Gasteiger partial charge < -0.3 is 21.3 Å². The maximum absolute atomic E-state index is 12.8. The monoisotopic (exact) mass is 471 g/mol. The number of rotatable bonds is 7. The third-order valence-corrected chi connectivity index (χ3v) is 7.68. The maximum atomic E-state index is 12.8. The highest BCUT2D eigenvalue weighted by Crippen LogP contribution is 2.41. The molecule has 2 aromatic rings. The maximum Gasteiger partial charge on any atom is 0.352 e. The van der Waals surface area contributed by atoms with Crippen molar-refractivity contribution < 1.29 is 24.6 Å². The van der Waals surface area contributed by atoms with Crippen LogP contribution >= 0.6 is 23.5 Å². The van der Waals surface area contributed by atoms with E-state index in [0.717, 1.165) is 4.90 Å². The van der Waals surface area contributed by atoms with Gasteiger partial charge in [0.2, 0.25) is 5.91 Å². The molecule has 2 aliphatic rings. The minimum Gasteiger partial charge on any atom is -0.508 e. The summed E-state index contributed by atoms with van der Waals surface area (Å²) in [7, 11) is 0. The topological polar surface area (TPSA) is 133 Å². The number of nitrogens with one attached hydrogen (secondary N) is 1. The summed E-state index contributed by atoms with van der Waals surface area (Å²) in [6, 6.07) is 13.7. The van der Waals surface area contributed by atoms with Crippen LogP contribution in [-0.4, -0.2) is 55.8 Å². The molecule has 3 atom stereocenters. The first-order chi connectivity index (χ1) is 15.4. The lowest BCUT2D eigenvalue weighted by Gasteiger charge is -2.49. The molecule has 2 heterocycles. The molecule has 166 valence electrons. The van der Waals surface area contributed by atoms with Gasteiger partial charge in [0.15, 0.2) is 0 Å². The van der Waals surface area contributed by atoms with Crippen LogP contribution in [0.5, 0.6) is 5.75 Å². The third-order valence-electron chi connectivity index (χ3n) is 5.24. The van der Waals surface area contributed by atoms with Crippen LogP contribution in [-0.2, 0) is 14.4 Å². The molecule has 2 aliphatic heterocycles. The Balaban J connectivity index is 1.45. The second kappa shape index (κ2) is 9.27. The number of carbonyl (C=O) groups is 3. The number of thioether (sulfide) groups is 2. The van der Waals surface area contributed by atoms with Gasteiger partial charge in [0.25, 0.3) is 5.91 Å². The molecule has 2 aromatic carbocycles. The minimum atomic E-state index is -1.15. The lowest BCUT2D eigenvalue weighted by Crippen LogP contribution is -2.71. The molecule has 0 aromatic heterocycles. The molecule has 8 nitrogen and oxygen atoms in total. The number of benzene rings is 2. The first-order valence-corrected chi connectivity index (χ1v) is 11.8. The van der Waals surface area contributed by atoms with E-state index in [1.165, 1.54) is 52.7 Å². The van der Waals surface area contributed by atoms with Crippen LogP contribution in [0.1, 0.15) is 11.6 Å². The van der Waals surface area contributed by atoms with Crippen LogP contribution in [0, 0.1) is 0 Å². The lowest BCUT2D eigenvalue weighted by molar-refractivity contribution is -0.150. The average Bonchev–Trinajstić information content (AvgIpc) is 2.80. The number of β-lactam (4-membered cyclic amide) rings is 1. The minimum absolute atomic E-state index is 0.00415. The molecule has 10 heteroatoms. The van der Waals surface area contributed by atoms with Gasteiger partial charge >= 0.3 is 5.97 Å². The van der Waals surface area contributed by atoms with E-state index in [0.29, 0.717) is 22.6 Å². The predicted octanol–water partition coefficient (Wildman–Crippen LogP) is 1.92. The Morgan fingerprint density at radius 1 is 1.19 bits per heavy atom. The molecule has 0 radical (unpaired) electrons. The quantitative estimate of drug-likeness (QED) is 0.356. The highest BCUT2D eigenvalue weighted by molar-refractivity contribution is 8.01. The number of nitrogens with zero attached hydrogens (tertiary/aromatic N) is 1. The number of hydrogen-bond acceptors (Lipinski definition) is 7. The standard InChI is InChI=1S/C22H21N3O5S2/c23-16(12-6-8-14(26)9-7-12)19(27)24-17-20(28)25-18(22(29)30)13(11-32-21(17)25)10-31-15-4-2-1-3-5-15/h1-9,16-17,21,26H,10-11,23H2,(H,24,27)(H,29,30)/t16?,17?,21-/m0/s1. The Morgan fingerprint density at radius 2 is 1.88 bits per heavy atom. The van der Waals surface area contributed by atoms with Gasteiger partial charge in [-0.2, -0.15) is 0 Å². The summed E-state index contributed by atoms with van der Waals surface area (Å²) >= 11 is 2.94. The fourth-order valence-electron chi connectivity index (χ4n) is 3.56. The number of phenolic OH excluding ortho intramolecular Hbond substituents is 1. The molecule has 1 fully saturated rings. The van der Waals surface area contributed by atoms with Crippen molar-refractivity contribution in [3.63, 3.8) is 0 Å². The zero-order valence-electron chi connectivity index (χ0n) is 16.8. The molecule has 0 saturated carbocycles. The van der Waals surface area contributed by atoms with Gasteiger partial charge in [-0.05, 0) is 35.4 Å². The number of phenols is 1. The summed E-state index contributed by atoms with van der Waals surface area (Å²) in [5.41, 5.74) is 7.15. The van der Waals surface area contributed by atoms with Crippen molar-refractivity contribution >= 4 is 41.3 Å². The van der Waals surface area contributed by atoms with Gasteiger partial charge in [-0.3, -0.25) is 14.5 Å². The molecule has 32 heavy (non-hydrogen) atoms. The van der Waals surface area contributed by atoms with E-state index in [2.05, 4.69) is 5.32 Å². The number of hydrogen-bond donors (Lipinski definition) is 4. The van der Waals surface area contributed by atoms with E-state index in [4.69, 9.17) is 5.73 Å². The molecular formula is C22H21N3O5S2. The van der Waals surface area contributed by atoms with Gasteiger partial charge in [-0.1, -0.05) is 30.3 Å². The van der Waals surface area contributed by atoms with E-state index >= 15 is 0 Å². The summed E-state index contributed by atoms with van der Waals surface area (Å²) in [5.74, 6) is -1.20. The summed E-state index contributed by atoms with van der Waals surface area (Å²) in [6.07, 6.45) is 0. The van der Waals surface area contributed by atoms with E-state index in [1.54, 1.807) is 0 Å². The summed E-state index contributed by atoms with van der Waals surface area (Å²) in [4.78, 5) is 39.6. The van der Waals surface area contributed by atoms with Crippen molar-refractivity contribution in [3.05, 3.63) is 71.4 Å². The van der Waals surface area contributed by atoms with Crippen molar-refractivity contribution in [1.82, 2.24) is 10.2 Å². The first kappa shape index (κ1) is 22.3. The Labute approximate surface area is 192 Å². The lowest BCUT2D eigenvalue weighted by atomic mass is 10.0. The second-order valence-corrected chi connectivity index (χ2v) is 9.48. The first-order valence-electron chi connectivity index (χ1n) is 9.79. The van der Waals surface area contributed by atoms with Crippen LogP contribution in [0.25, 0.3) is 0 Å². The summed E-state index contributed by atoms with van der Waals surface area (Å²) < 4.78 is 0. The molecule has 4 rings (SSSR count). The number of aromatic hydroxyl groups is 1. The second-order valence-electron chi connectivity index (χ2n) is 7.32. The zero-order valence-corrected chi connectivity index (χ0v) is 18.4. The van der Waals surface area contributed by atoms with Gasteiger partial charge in [-0.15, -0.1) is 23.5 Å². The van der Waals surface area contributed by atoms with E-state index in [1.807, 2.05) is 30.3 Å². The fraction of sp³-hybridized carbons (Fsp3) is 0.227. The van der Waals surface area contributed by atoms with E-state index < -0.39 is 35.2 Å². The van der Waals surface area contributed by atoms with Crippen LogP contribution in [0.4, 0.5) is 0 Å². The highest BCUT2D eigenvalue weighted by atomic mass is 32.2. The number of carboxylic acids is 1. The molecule has 5 N–H and O–H groups in total. The molecule has 0 bridgehead atoms. The fourth-order valence-corrected chi connectivity index (χ4v) is 5.96.